The van der Waals surface area contributed by atoms with E-state index in [0.717, 1.165) is 12.0 Å². The van der Waals surface area contributed by atoms with Gasteiger partial charge in [-0.1, -0.05) is 19.1 Å². The molecule has 1 atom stereocenters. The number of aliphatic hydroxyl groups excluding tert-OH is 1. The fourth-order valence-corrected chi connectivity index (χ4v) is 1.06. The van der Waals surface area contributed by atoms with Gasteiger partial charge in [0.25, 0.3) is 0 Å². The molecule has 0 bridgehead atoms. The molecule has 0 amide bonds. The molecule has 60 valence electrons. The lowest BCUT2D eigenvalue weighted by Crippen LogP contribution is -2.04. The Bertz CT molecular complexity index is 214. The van der Waals surface area contributed by atoms with E-state index >= 15 is 0 Å². The Morgan fingerprint density at radius 3 is 3.00 bits per heavy atom. The van der Waals surface area contributed by atoms with Crippen LogP contribution in [0.3, 0.4) is 0 Å². The predicted molar refractivity (Wildman–Crippen MR) is 43.1 cm³/mol. The highest BCUT2D eigenvalue weighted by Gasteiger charge is 2.19. The number of allylic oxidation sites excluding steroid dienone is 2. The average Bonchev–Trinajstić information content (AvgIpc) is 2.26. The Morgan fingerprint density at radius 1 is 1.82 bits per heavy atom. The molecule has 0 fully saturated rings. The van der Waals surface area contributed by atoms with Crippen molar-refractivity contribution in [2.75, 3.05) is 0 Å². The van der Waals surface area contributed by atoms with E-state index < -0.39 is 6.10 Å². The van der Waals surface area contributed by atoms with Gasteiger partial charge in [0, 0.05) is 6.42 Å². The van der Waals surface area contributed by atoms with Crippen LogP contribution in [0.25, 0.3) is 0 Å². The molecule has 0 radical (unpaired) electrons. The number of carbonyl (C=O) groups is 1. The minimum atomic E-state index is -0.565. The molecule has 0 aliphatic heterocycles. The first-order valence-corrected chi connectivity index (χ1v) is 3.83. The first-order chi connectivity index (χ1) is 5.24. The fraction of sp³-hybridized carbons (Fsp3) is 0.444. The first kappa shape index (κ1) is 8.21. The van der Waals surface area contributed by atoms with Gasteiger partial charge in [0.1, 0.15) is 0 Å². The summed E-state index contributed by atoms with van der Waals surface area (Å²) in [6, 6.07) is 0. The van der Waals surface area contributed by atoms with Gasteiger partial charge >= 0.3 is 0 Å². The van der Waals surface area contributed by atoms with E-state index in [4.69, 9.17) is 0 Å². The minimum absolute atomic E-state index is 0.0215. The molecule has 0 spiro atoms. The maximum absolute atomic E-state index is 10.8. The monoisotopic (exact) mass is 152 g/mol. The summed E-state index contributed by atoms with van der Waals surface area (Å²) in [5.74, 6) is 0.0215. The van der Waals surface area contributed by atoms with Crippen LogP contribution in [0.2, 0.25) is 0 Å². The van der Waals surface area contributed by atoms with Crippen molar-refractivity contribution in [2.24, 2.45) is 0 Å². The molecule has 2 nitrogen and oxygen atoms in total. The Labute approximate surface area is 66.2 Å². The van der Waals surface area contributed by atoms with Crippen molar-refractivity contribution in [2.45, 2.75) is 25.9 Å². The maximum atomic E-state index is 10.8. The summed E-state index contributed by atoms with van der Waals surface area (Å²) in [5.41, 5.74) is 0.747. The lowest BCUT2D eigenvalue weighted by atomic mass is 10.2. The third-order valence-electron chi connectivity index (χ3n) is 1.65. The van der Waals surface area contributed by atoms with E-state index in [1.54, 1.807) is 0 Å². The van der Waals surface area contributed by atoms with E-state index in [0.29, 0.717) is 0 Å². The standard InChI is InChI=1S/C9H12O2/c1-2-3-4-7-5-8(10)6-9(7)11/h3-5,9,11H,2,6H2,1H3/b4-3+. The molecule has 0 aromatic carbocycles. The molecule has 1 aliphatic rings. The Morgan fingerprint density at radius 2 is 2.55 bits per heavy atom. The third kappa shape index (κ3) is 2.02. The van der Waals surface area contributed by atoms with Gasteiger partial charge in [0.15, 0.2) is 5.78 Å². The summed E-state index contributed by atoms with van der Waals surface area (Å²) >= 11 is 0. The summed E-state index contributed by atoms with van der Waals surface area (Å²) < 4.78 is 0. The SMILES string of the molecule is CC/C=C/C1=CC(=O)CC1O. The molecule has 1 unspecified atom stereocenters. The highest BCUT2D eigenvalue weighted by Crippen LogP contribution is 2.16. The van der Waals surface area contributed by atoms with Crippen LogP contribution in [0.1, 0.15) is 19.8 Å². The average molecular weight is 152 g/mol. The summed E-state index contributed by atoms with van der Waals surface area (Å²) in [5, 5.41) is 9.25. The van der Waals surface area contributed by atoms with Crippen LogP contribution in [0.5, 0.6) is 0 Å². The number of hydrogen-bond acceptors (Lipinski definition) is 2. The largest absolute Gasteiger partial charge is 0.388 e. The van der Waals surface area contributed by atoms with Crippen LogP contribution in [0.15, 0.2) is 23.8 Å². The van der Waals surface area contributed by atoms with Gasteiger partial charge in [-0.15, -0.1) is 0 Å². The summed E-state index contributed by atoms with van der Waals surface area (Å²) in [7, 11) is 0. The number of hydrogen-bond donors (Lipinski definition) is 1. The van der Waals surface area contributed by atoms with Gasteiger partial charge in [-0.05, 0) is 18.1 Å². The zero-order chi connectivity index (χ0) is 8.27. The lowest BCUT2D eigenvalue weighted by molar-refractivity contribution is -0.114. The first-order valence-electron chi connectivity index (χ1n) is 3.83. The van der Waals surface area contributed by atoms with Crippen LogP contribution < -0.4 is 0 Å². The zero-order valence-electron chi connectivity index (χ0n) is 6.58. The molecule has 0 saturated carbocycles. The van der Waals surface area contributed by atoms with E-state index in [9.17, 15) is 9.90 Å². The van der Waals surface area contributed by atoms with E-state index in [2.05, 4.69) is 0 Å². The Balaban J connectivity index is 2.64. The second-order valence-electron chi connectivity index (χ2n) is 2.64. The van der Waals surface area contributed by atoms with Gasteiger partial charge in [-0.25, -0.2) is 0 Å². The van der Waals surface area contributed by atoms with Crippen molar-refractivity contribution in [1.29, 1.82) is 0 Å². The van der Waals surface area contributed by atoms with Gasteiger partial charge < -0.3 is 5.11 Å². The predicted octanol–water partition coefficient (Wildman–Crippen LogP) is 1.21. The molecule has 0 heterocycles. The molecule has 2 heteroatoms. The molecule has 1 rings (SSSR count). The van der Waals surface area contributed by atoms with E-state index in [1.165, 1.54) is 6.08 Å². The molecular weight excluding hydrogens is 140 g/mol. The number of aliphatic hydroxyl groups is 1. The number of carbonyl (C=O) groups excluding carboxylic acids is 1. The van der Waals surface area contributed by atoms with Crippen molar-refractivity contribution in [3.05, 3.63) is 23.8 Å². The van der Waals surface area contributed by atoms with Crippen LogP contribution in [-0.4, -0.2) is 17.0 Å². The second-order valence-corrected chi connectivity index (χ2v) is 2.64. The highest BCUT2D eigenvalue weighted by atomic mass is 16.3. The summed E-state index contributed by atoms with van der Waals surface area (Å²) in [4.78, 5) is 10.8. The molecule has 1 aliphatic carbocycles. The Hall–Kier alpha value is -0.890. The quantitative estimate of drug-likeness (QED) is 0.645. The Kier molecular flexibility index (Phi) is 2.60. The van der Waals surface area contributed by atoms with Crippen LogP contribution >= 0.6 is 0 Å². The zero-order valence-corrected chi connectivity index (χ0v) is 6.58. The van der Waals surface area contributed by atoms with E-state index in [1.807, 2.05) is 19.1 Å². The fourth-order valence-electron chi connectivity index (χ4n) is 1.06. The normalized spacial score (nSPS) is 24.7. The molecule has 11 heavy (non-hydrogen) atoms. The molecule has 1 N–H and O–H groups in total. The molecule has 0 aromatic heterocycles. The summed E-state index contributed by atoms with van der Waals surface area (Å²) in [6.45, 7) is 2.01. The summed E-state index contributed by atoms with van der Waals surface area (Å²) in [6.07, 6.45) is 5.88. The number of ketones is 1. The molecule has 0 saturated heterocycles. The highest BCUT2D eigenvalue weighted by molar-refractivity contribution is 5.94. The van der Waals surface area contributed by atoms with Gasteiger partial charge in [0.05, 0.1) is 6.10 Å². The maximum Gasteiger partial charge on any atom is 0.158 e. The van der Waals surface area contributed by atoms with Crippen molar-refractivity contribution in [3.63, 3.8) is 0 Å². The second kappa shape index (κ2) is 3.49. The number of rotatable bonds is 2. The van der Waals surface area contributed by atoms with E-state index in [-0.39, 0.29) is 12.2 Å². The topological polar surface area (TPSA) is 37.3 Å². The van der Waals surface area contributed by atoms with Crippen LogP contribution in [0, 0.1) is 0 Å². The molecule has 0 aromatic rings. The van der Waals surface area contributed by atoms with Crippen molar-refractivity contribution in [1.82, 2.24) is 0 Å². The van der Waals surface area contributed by atoms with Gasteiger partial charge in [-0.2, -0.15) is 0 Å². The van der Waals surface area contributed by atoms with Crippen molar-refractivity contribution < 1.29 is 9.90 Å². The van der Waals surface area contributed by atoms with Crippen LogP contribution in [-0.2, 0) is 4.79 Å². The minimum Gasteiger partial charge on any atom is -0.388 e. The molecular formula is C9H12O2. The smallest absolute Gasteiger partial charge is 0.158 e. The van der Waals surface area contributed by atoms with Gasteiger partial charge in [0.2, 0.25) is 0 Å². The van der Waals surface area contributed by atoms with Crippen LogP contribution in [0.4, 0.5) is 0 Å². The lowest BCUT2D eigenvalue weighted by Gasteiger charge is -1.99. The van der Waals surface area contributed by atoms with Crippen molar-refractivity contribution >= 4 is 5.78 Å². The van der Waals surface area contributed by atoms with Gasteiger partial charge in [-0.3, -0.25) is 4.79 Å². The third-order valence-corrected chi connectivity index (χ3v) is 1.65. The van der Waals surface area contributed by atoms with Crippen molar-refractivity contribution in [3.8, 4) is 0 Å².